The summed E-state index contributed by atoms with van der Waals surface area (Å²) in [6, 6.07) is 9.70. The van der Waals surface area contributed by atoms with Crippen LogP contribution in [0.2, 0.25) is 0 Å². The van der Waals surface area contributed by atoms with E-state index in [0.29, 0.717) is 24.0 Å². The Labute approximate surface area is 195 Å². The molecule has 1 unspecified atom stereocenters. The summed E-state index contributed by atoms with van der Waals surface area (Å²) in [5.41, 5.74) is 1.54. The summed E-state index contributed by atoms with van der Waals surface area (Å²) >= 11 is 0. The predicted molar refractivity (Wildman–Crippen MR) is 131 cm³/mol. The zero-order valence-electron chi connectivity index (χ0n) is 20.2. The summed E-state index contributed by atoms with van der Waals surface area (Å²) in [6.45, 7) is 4.39. The van der Waals surface area contributed by atoms with Gasteiger partial charge in [0.2, 0.25) is 0 Å². The van der Waals surface area contributed by atoms with Gasteiger partial charge in [-0.15, -0.1) is 0 Å². The van der Waals surface area contributed by atoms with Crippen LogP contribution in [0.25, 0.3) is 5.57 Å². The summed E-state index contributed by atoms with van der Waals surface area (Å²) in [5, 5.41) is 20.7. The number of benzene rings is 1. The minimum absolute atomic E-state index is 0.190. The summed E-state index contributed by atoms with van der Waals surface area (Å²) in [4.78, 5) is 12.4. The molecule has 180 valence electrons. The van der Waals surface area contributed by atoms with Crippen LogP contribution in [0.4, 0.5) is 0 Å². The highest BCUT2D eigenvalue weighted by Gasteiger charge is 2.34. The van der Waals surface area contributed by atoms with Gasteiger partial charge in [-0.05, 0) is 75.7 Å². The molecule has 1 aliphatic carbocycles. The van der Waals surface area contributed by atoms with Gasteiger partial charge in [0.1, 0.15) is 0 Å². The fourth-order valence-corrected chi connectivity index (χ4v) is 5.01. The third kappa shape index (κ3) is 9.07. The SMILES string of the molecule is CCCCCC(O)CC[C@H]1CC[C@H](O)[C@@H]1CCCCC=C(C(=O)OCC)c1ccccc1. The lowest BCUT2D eigenvalue weighted by molar-refractivity contribution is -0.136. The van der Waals surface area contributed by atoms with E-state index in [1.807, 2.05) is 43.3 Å². The summed E-state index contributed by atoms with van der Waals surface area (Å²) in [5.74, 6) is 0.615. The molecule has 0 aromatic heterocycles. The summed E-state index contributed by atoms with van der Waals surface area (Å²) < 4.78 is 5.24. The van der Waals surface area contributed by atoms with Crippen molar-refractivity contribution < 1.29 is 19.7 Å². The van der Waals surface area contributed by atoms with E-state index in [2.05, 4.69) is 6.92 Å². The van der Waals surface area contributed by atoms with Crippen LogP contribution < -0.4 is 0 Å². The van der Waals surface area contributed by atoms with Crippen molar-refractivity contribution in [3.05, 3.63) is 42.0 Å². The molecule has 0 bridgehead atoms. The minimum Gasteiger partial charge on any atom is -0.462 e. The molecule has 1 aromatic carbocycles. The zero-order chi connectivity index (χ0) is 23.2. The largest absolute Gasteiger partial charge is 0.462 e. The van der Waals surface area contributed by atoms with Gasteiger partial charge < -0.3 is 14.9 Å². The highest BCUT2D eigenvalue weighted by atomic mass is 16.5. The molecule has 1 aliphatic rings. The van der Waals surface area contributed by atoms with Crippen molar-refractivity contribution in [3.8, 4) is 0 Å². The van der Waals surface area contributed by atoms with Crippen molar-refractivity contribution in [3.63, 3.8) is 0 Å². The molecule has 4 atom stereocenters. The second kappa shape index (κ2) is 15.2. The molecule has 0 radical (unpaired) electrons. The van der Waals surface area contributed by atoms with Crippen LogP contribution in [0.15, 0.2) is 36.4 Å². The maximum atomic E-state index is 12.4. The number of hydrogen-bond donors (Lipinski definition) is 2. The Kier molecular flexibility index (Phi) is 12.7. The molecule has 4 heteroatoms. The Bertz CT molecular complexity index is 669. The van der Waals surface area contributed by atoms with Crippen LogP contribution in [0.1, 0.15) is 96.5 Å². The molecule has 1 aromatic rings. The summed E-state index contributed by atoms with van der Waals surface area (Å²) in [6.07, 6.45) is 13.7. The number of allylic oxidation sites excluding steroid dienone is 1. The van der Waals surface area contributed by atoms with Crippen LogP contribution in [0, 0.1) is 11.8 Å². The molecule has 0 saturated heterocycles. The maximum absolute atomic E-state index is 12.4. The Balaban J connectivity index is 1.79. The molecule has 1 saturated carbocycles. The number of unbranched alkanes of at least 4 members (excludes halogenated alkanes) is 4. The van der Waals surface area contributed by atoms with E-state index < -0.39 is 0 Å². The van der Waals surface area contributed by atoms with E-state index in [0.717, 1.165) is 69.8 Å². The Morgan fingerprint density at radius 2 is 1.84 bits per heavy atom. The fraction of sp³-hybridized carbons (Fsp3) is 0.679. The second-order valence-corrected chi connectivity index (χ2v) is 9.28. The third-order valence-electron chi connectivity index (χ3n) is 6.86. The standard InChI is InChI=1S/C28H44O4/c1-3-5-8-15-24(29)20-18-23-19-21-27(30)25(23)16-11-7-12-17-26(28(31)32-4-2)22-13-9-6-10-14-22/h6,9-10,13-14,17,23-25,27,29-30H,3-5,7-8,11-12,15-16,18-21H2,1-2H3/t23-,24?,25+,27-/m0/s1. The second-order valence-electron chi connectivity index (χ2n) is 9.28. The van der Waals surface area contributed by atoms with Crippen LogP contribution in [0.5, 0.6) is 0 Å². The van der Waals surface area contributed by atoms with E-state index >= 15 is 0 Å². The number of aliphatic hydroxyl groups excluding tert-OH is 2. The van der Waals surface area contributed by atoms with E-state index in [-0.39, 0.29) is 18.2 Å². The monoisotopic (exact) mass is 444 g/mol. The van der Waals surface area contributed by atoms with Gasteiger partial charge in [-0.3, -0.25) is 0 Å². The van der Waals surface area contributed by atoms with Crippen molar-refractivity contribution in [2.75, 3.05) is 6.61 Å². The van der Waals surface area contributed by atoms with Crippen LogP contribution >= 0.6 is 0 Å². The predicted octanol–water partition coefficient (Wildman–Crippen LogP) is 6.30. The molecule has 0 heterocycles. The van der Waals surface area contributed by atoms with Crippen molar-refractivity contribution in [1.29, 1.82) is 0 Å². The quantitative estimate of drug-likeness (QED) is 0.189. The maximum Gasteiger partial charge on any atom is 0.338 e. The van der Waals surface area contributed by atoms with Crippen molar-refractivity contribution in [1.82, 2.24) is 0 Å². The number of ether oxygens (including phenoxy) is 1. The first-order valence-electron chi connectivity index (χ1n) is 12.9. The van der Waals surface area contributed by atoms with Crippen molar-refractivity contribution >= 4 is 11.5 Å². The lowest BCUT2D eigenvalue weighted by Gasteiger charge is -2.23. The first kappa shape index (κ1) is 26.6. The molecule has 0 aliphatic heterocycles. The van der Waals surface area contributed by atoms with Gasteiger partial charge in [-0.1, -0.05) is 69.0 Å². The number of rotatable bonds is 15. The number of aliphatic hydroxyl groups is 2. The van der Waals surface area contributed by atoms with Gasteiger partial charge in [0, 0.05) is 0 Å². The molecular formula is C28H44O4. The molecule has 0 spiro atoms. The fourth-order valence-electron chi connectivity index (χ4n) is 5.01. The van der Waals surface area contributed by atoms with E-state index in [4.69, 9.17) is 4.74 Å². The minimum atomic E-state index is -0.262. The molecule has 32 heavy (non-hydrogen) atoms. The van der Waals surface area contributed by atoms with E-state index in [1.54, 1.807) is 0 Å². The number of carbonyl (C=O) groups excluding carboxylic acids is 1. The lowest BCUT2D eigenvalue weighted by Crippen LogP contribution is -2.20. The highest BCUT2D eigenvalue weighted by molar-refractivity contribution is 6.16. The Morgan fingerprint density at radius 1 is 1.06 bits per heavy atom. The van der Waals surface area contributed by atoms with E-state index in [1.165, 1.54) is 12.8 Å². The van der Waals surface area contributed by atoms with Gasteiger partial charge >= 0.3 is 5.97 Å². The number of hydrogen-bond acceptors (Lipinski definition) is 4. The Hall–Kier alpha value is -1.65. The molecule has 0 amide bonds. The van der Waals surface area contributed by atoms with Crippen molar-refractivity contribution in [2.45, 2.75) is 103 Å². The highest BCUT2D eigenvalue weighted by Crippen LogP contribution is 2.39. The first-order valence-corrected chi connectivity index (χ1v) is 12.9. The van der Waals surface area contributed by atoms with Gasteiger partial charge in [-0.2, -0.15) is 0 Å². The van der Waals surface area contributed by atoms with E-state index in [9.17, 15) is 15.0 Å². The van der Waals surface area contributed by atoms with Gasteiger partial charge in [0.15, 0.2) is 0 Å². The van der Waals surface area contributed by atoms with Gasteiger partial charge in [0.25, 0.3) is 0 Å². The average molecular weight is 445 g/mol. The topological polar surface area (TPSA) is 66.8 Å². The van der Waals surface area contributed by atoms with Gasteiger partial charge in [0.05, 0.1) is 24.4 Å². The smallest absolute Gasteiger partial charge is 0.338 e. The average Bonchev–Trinajstić information content (AvgIpc) is 3.15. The first-order chi connectivity index (χ1) is 15.6. The lowest BCUT2D eigenvalue weighted by atomic mass is 9.85. The van der Waals surface area contributed by atoms with Crippen LogP contribution in [-0.4, -0.2) is 35.0 Å². The number of carbonyl (C=O) groups is 1. The third-order valence-corrected chi connectivity index (χ3v) is 6.86. The normalized spacial score (nSPS) is 22.1. The molecule has 1 fully saturated rings. The molecule has 4 nitrogen and oxygen atoms in total. The molecular weight excluding hydrogens is 400 g/mol. The van der Waals surface area contributed by atoms with Crippen LogP contribution in [-0.2, 0) is 9.53 Å². The van der Waals surface area contributed by atoms with Gasteiger partial charge in [-0.25, -0.2) is 4.79 Å². The summed E-state index contributed by atoms with van der Waals surface area (Å²) in [7, 11) is 0. The Morgan fingerprint density at radius 3 is 2.56 bits per heavy atom. The molecule has 2 N–H and O–H groups in total. The van der Waals surface area contributed by atoms with Crippen molar-refractivity contribution in [2.24, 2.45) is 11.8 Å². The van der Waals surface area contributed by atoms with Crippen LogP contribution in [0.3, 0.4) is 0 Å². The molecule has 2 rings (SSSR count). The zero-order valence-corrected chi connectivity index (χ0v) is 20.2. The number of esters is 1.